The molecule has 0 amide bonds. The number of fused-ring (bicyclic) bond motifs is 1. The maximum Gasteiger partial charge on any atom is 0.254 e. The minimum absolute atomic E-state index is 0.0769. The SMILES string of the molecule is CCc1cc2ncccc2n(C)c1=O. The van der Waals surface area contributed by atoms with Gasteiger partial charge in [0.2, 0.25) is 0 Å². The van der Waals surface area contributed by atoms with Crippen LogP contribution in [0.3, 0.4) is 0 Å². The van der Waals surface area contributed by atoms with Crippen molar-refractivity contribution in [2.45, 2.75) is 13.3 Å². The fourth-order valence-corrected chi connectivity index (χ4v) is 1.61. The van der Waals surface area contributed by atoms with Crippen LogP contribution < -0.4 is 5.56 Å². The van der Waals surface area contributed by atoms with Gasteiger partial charge in [0, 0.05) is 18.8 Å². The zero-order valence-corrected chi connectivity index (χ0v) is 8.32. The van der Waals surface area contributed by atoms with Crippen molar-refractivity contribution >= 4 is 11.0 Å². The number of hydrogen-bond acceptors (Lipinski definition) is 2. The number of aryl methyl sites for hydroxylation is 2. The summed E-state index contributed by atoms with van der Waals surface area (Å²) >= 11 is 0. The van der Waals surface area contributed by atoms with E-state index in [1.807, 2.05) is 25.1 Å². The zero-order valence-electron chi connectivity index (χ0n) is 8.32. The highest BCUT2D eigenvalue weighted by molar-refractivity contribution is 5.74. The molecule has 2 aromatic heterocycles. The van der Waals surface area contributed by atoms with Crippen LogP contribution in [-0.4, -0.2) is 9.55 Å². The van der Waals surface area contributed by atoms with Crippen molar-refractivity contribution in [3.05, 3.63) is 40.3 Å². The highest BCUT2D eigenvalue weighted by Crippen LogP contribution is 2.09. The summed E-state index contributed by atoms with van der Waals surface area (Å²) in [7, 11) is 1.78. The molecule has 0 N–H and O–H groups in total. The van der Waals surface area contributed by atoms with Crippen LogP contribution in [0.15, 0.2) is 29.2 Å². The molecule has 0 aliphatic carbocycles. The van der Waals surface area contributed by atoms with Gasteiger partial charge in [-0.05, 0) is 24.6 Å². The Kier molecular flexibility index (Phi) is 2.08. The molecule has 0 radical (unpaired) electrons. The summed E-state index contributed by atoms with van der Waals surface area (Å²) in [6, 6.07) is 5.62. The van der Waals surface area contributed by atoms with E-state index in [0.29, 0.717) is 0 Å². The summed E-state index contributed by atoms with van der Waals surface area (Å²) in [5, 5.41) is 0. The van der Waals surface area contributed by atoms with Crippen LogP contribution in [0, 0.1) is 0 Å². The second-order valence-corrected chi connectivity index (χ2v) is 3.30. The molecule has 0 spiro atoms. The molecule has 14 heavy (non-hydrogen) atoms. The topological polar surface area (TPSA) is 34.9 Å². The van der Waals surface area contributed by atoms with Gasteiger partial charge in [0.25, 0.3) is 5.56 Å². The molecule has 0 saturated carbocycles. The lowest BCUT2D eigenvalue weighted by atomic mass is 10.2. The third-order valence-electron chi connectivity index (χ3n) is 2.45. The van der Waals surface area contributed by atoms with E-state index in [1.54, 1.807) is 17.8 Å². The predicted molar refractivity (Wildman–Crippen MR) is 56.4 cm³/mol. The predicted octanol–water partition coefficient (Wildman–Crippen LogP) is 1.50. The Hall–Kier alpha value is -1.64. The molecule has 2 rings (SSSR count). The Morgan fingerprint density at radius 1 is 1.50 bits per heavy atom. The van der Waals surface area contributed by atoms with Crippen LogP contribution in [0.2, 0.25) is 0 Å². The van der Waals surface area contributed by atoms with Crippen molar-refractivity contribution in [2.75, 3.05) is 0 Å². The number of hydrogen-bond donors (Lipinski definition) is 0. The molecule has 72 valence electrons. The highest BCUT2D eigenvalue weighted by atomic mass is 16.1. The molecular weight excluding hydrogens is 176 g/mol. The van der Waals surface area contributed by atoms with Crippen LogP contribution in [0.1, 0.15) is 12.5 Å². The van der Waals surface area contributed by atoms with E-state index in [0.717, 1.165) is 23.0 Å². The Balaban J connectivity index is 2.92. The van der Waals surface area contributed by atoms with Gasteiger partial charge in [0.15, 0.2) is 0 Å². The van der Waals surface area contributed by atoms with Crippen LogP contribution in [0.5, 0.6) is 0 Å². The lowest BCUT2D eigenvalue weighted by Crippen LogP contribution is -2.20. The van der Waals surface area contributed by atoms with Crippen molar-refractivity contribution in [3.63, 3.8) is 0 Å². The van der Waals surface area contributed by atoms with Crippen molar-refractivity contribution in [2.24, 2.45) is 7.05 Å². The van der Waals surface area contributed by atoms with Crippen LogP contribution in [0.25, 0.3) is 11.0 Å². The molecule has 0 unspecified atom stereocenters. The summed E-state index contributed by atoms with van der Waals surface area (Å²) < 4.78 is 1.65. The molecule has 3 heteroatoms. The molecule has 0 bridgehead atoms. The minimum Gasteiger partial charge on any atom is -0.310 e. The first kappa shape index (κ1) is 8.94. The van der Waals surface area contributed by atoms with E-state index in [2.05, 4.69) is 4.98 Å². The minimum atomic E-state index is 0.0769. The average molecular weight is 188 g/mol. The zero-order chi connectivity index (χ0) is 10.1. The normalized spacial score (nSPS) is 10.7. The first-order valence-corrected chi connectivity index (χ1v) is 4.67. The van der Waals surface area contributed by atoms with Gasteiger partial charge in [-0.25, -0.2) is 0 Å². The number of aromatic nitrogens is 2. The van der Waals surface area contributed by atoms with Gasteiger partial charge in [-0.2, -0.15) is 0 Å². The summed E-state index contributed by atoms with van der Waals surface area (Å²) in [6.45, 7) is 1.98. The van der Waals surface area contributed by atoms with E-state index in [-0.39, 0.29) is 5.56 Å². The van der Waals surface area contributed by atoms with Gasteiger partial charge in [-0.15, -0.1) is 0 Å². The summed E-state index contributed by atoms with van der Waals surface area (Å²) in [5.41, 5.74) is 2.66. The van der Waals surface area contributed by atoms with Gasteiger partial charge >= 0.3 is 0 Å². The van der Waals surface area contributed by atoms with Gasteiger partial charge in [0.1, 0.15) is 0 Å². The molecular formula is C11H12N2O. The fourth-order valence-electron chi connectivity index (χ4n) is 1.61. The summed E-state index contributed by atoms with van der Waals surface area (Å²) in [5.74, 6) is 0. The monoisotopic (exact) mass is 188 g/mol. The third-order valence-corrected chi connectivity index (χ3v) is 2.45. The lowest BCUT2D eigenvalue weighted by molar-refractivity contribution is 0.873. The largest absolute Gasteiger partial charge is 0.310 e. The van der Waals surface area contributed by atoms with Crippen LogP contribution in [-0.2, 0) is 13.5 Å². The molecule has 0 saturated heterocycles. The number of nitrogens with zero attached hydrogens (tertiary/aromatic N) is 2. The second kappa shape index (κ2) is 3.25. The van der Waals surface area contributed by atoms with Crippen molar-refractivity contribution in [3.8, 4) is 0 Å². The molecule has 0 atom stereocenters. The Labute approximate surface area is 82.0 Å². The Bertz CT molecular complexity index is 528. The standard InChI is InChI=1S/C11H12N2O/c1-3-8-7-9-10(5-4-6-12-9)13(2)11(8)14/h4-7H,3H2,1-2H3. The molecule has 0 aromatic carbocycles. The highest BCUT2D eigenvalue weighted by Gasteiger charge is 2.04. The molecule has 2 aromatic rings. The average Bonchev–Trinajstić information content (AvgIpc) is 2.23. The van der Waals surface area contributed by atoms with E-state index >= 15 is 0 Å². The van der Waals surface area contributed by atoms with Gasteiger partial charge in [-0.1, -0.05) is 6.92 Å². The second-order valence-electron chi connectivity index (χ2n) is 3.30. The van der Waals surface area contributed by atoms with Crippen molar-refractivity contribution in [1.29, 1.82) is 0 Å². The first-order chi connectivity index (χ1) is 6.74. The van der Waals surface area contributed by atoms with Gasteiger partial charge in [-0.3, -0.25) is 9.78 Å². The Morgan fingerprint density at radius 3 is 3.00 bits per heavy atom. The van der Waals surface area contributed by atoms with Crippen molar-refractivity contribution in [1.82, 2.24) is 9.55 Å². The maximum atomic E-state index is 11.7. The maximum absolute atomic E-state index is 11.7. The van der Waals surface area contributed by atoms with Gasteiger partial charge in [0.05, 0.1) is 11.0 Å². The smallest absolute Gasteiger partial charge is 0.254 e. The Morgan fingerprint density at radius 2 is 2.29 bits per heavy atom. The molecule has 2 heterocycles. The number of pyridine rings is 2. The van der Waals surface area contributed by atoms with Crippen molar-refractivity contribution < 1.29 is 0 Å². The van der Waals surface area contributed by atoms with Crippen LogP contribution >= 0.6 is 0 Å². The number of rotatable bonds is 1. The van der Waals surface area contributed by atoms with Crippen LogP contribution in [0.4, 0.5) is 0 Å². The van der Waals surface area contributed by atoms with E-state index in [9.17, 15) is 4.79 Å². The molecule has 3 nitrogen and oxygen atoms in total. The third kappa shape index (κ3) is 1.21. The van der Waals surface area contributed by atoms with Gasteiger partial charge < -0.3 is 4.57 Å². The summed E-state index contributed by atoms with van der Waals surface area (Å²) in [4.78, 5) is 16.0. The first-order valence-electron chi connectivity index (χ1n) is 4.67. The quantitative estimate of drug-likeness (QED) is 0.679. The molecule has 0 aliphatic heterocycles. The van der Waals surface area contributed by atoms with E-state index in [4.69, 9.17) is 0 Å². The fraction of sp³-hybridized carbons (Fsp3) is 0.273. The van der Waals surface area contributed by atoms with E-state index < -0.39 is 0 Å². The molecule has 0 fully saturated rings. The van der Waals surface area contributed by atoms with E-state index in [1.165, 1.54) is 0 Å². The molecule has 0 aliphatic rings. The lowest BCUT2D eigenvalue weighted by Gasteiger charge is -2.05. The summed E-state index contributed by atoms with van der Waals surface area (Å²) in [6.07, 6.45) is 2.49.